The number of nitrogens with zero attached hydrogens (tertiary/aromatic N) is 2. The van der Waals surface area contributed by atoms with Gasteiger partial charge in [0.05, 0.1) is 11.5 Å². The molecule has 0 radical (unpaired) electrons. The maximum atomic E-state index is 12.4. The summed E-state index contributed by atoms with van der Waals surface area (Å²) in [5, 5.41) is 8.64. The zero-order chi connectivity index (χ0) is 15.5. The lowest BCUT2D eigenvalue weighted by molar-refractivity contribution is -0.131. The summed E-state index contributed by atoms with van der Waals surface area (Å²) < 4.78 is 22.8. The van der Waals surface area contributed by atoms with Gasteiger partial charge in [-0.05, 0) is 12.1 Å². The molecule has 7 nitrogen and oxygen atoms in total. The molecule has 1 aromatic heterocycles. The van der Waals surface area contributed by atoms with E-state index in [1.54, 1.807) is 0 Å². The minimum atomic E-state index is -3.06. The van der Waals surface area contributed by atoms with E-state index < -0.39 is 15.8 Å². The van der Waals surface area contributed by atoms with Crippen LogP contribution in [0.1, 0.15) is 15.9 Å². The van der Waals surface area contributed by atoms with Crippen LogP contribution in [-0.2, 0) is 14.6 Å². The molecule has 0 unspecified atom stereocenters. The smallest absolute Gasteiger partial charge is 0.328 e. The van der Waals surface area contributed by atoms with Crippen molar-refractivity contribution in [3.8, 4) is 0 Å². The number of pyridine rings is 1. The lowest BCUT2D eigenvalue weighted by Crippen LogP contribution is -2.43. The summed E-state index contributed by atoms with van der Waals surface area (Å²) in [5.74, 6) is -1.55. The molecule has 1 fully saturated rings. The first-order chi connectivity index (χ1) is 9.89. The van der Waals surface area contributed by atoms with Crippen LogP contribution in [0.2, 0.25) is 0 Å². The third-order valence-electron chi connectivity index (χ3n) is 3.12. The van der Waals surface area contributed by atoms with Crippen molar-refractivity contribution in [2.75, 3.05) is 24.6 Å². The fourth-order valence-electron chi connectivity index (χ4n) is 1.98. The highest BCUT2D eigenvalue weighted by atomic mass is 32.2. The molecule has 0 atom stereocenters. The van der Waals surface area contributed by atoms with Gasteiger partial charge in [0.1, 0.15) is 0 Å². The van der Waals surface area contributed by atoms with Gasteiger partial charge in [-0.3, -0.25) is 9.78 Å². The molecule has 8 heteroatoms. The highest BCUT2D eigenvalue weighted by Crippen LogP contribution is 2.14. The van der Waals surface area contributed by atoms with Gasteiger partial charge in [0.2, 0.25) is 0 Å². The quantitative estimate of drug-likeness (QED) is 0.791. The van der Waals surface area contributed by atoms with E-state index in [1.807, 2.05) is 0 Å². The third-order valence-corrected chi connectivity index (χ3v) is 4.73. The molecule has 2 rings (SSSR count). The van der Waals surface area contributed by atoms with Crippen molar-refractivity contribution in [3.05, 3.63) is 35.7 Å². The number of amides is 1. The van der Waals surface area contributed by atoms with Crippen molar-refractivity contribution in [2.24, 2.45) is 0 Å². The predicted octanol–water partition coefficient (Wildman–Crippen LogP) is 0.0500. The molecule has 1 amide bonds. The molecule has 0 bridgehead atoms. The number of aliphatic carboxylic acids is 1. The van der Waals surface area contributed by atoms with Gasteiger partial charge in [-0.25, -0.2) is 13.2 Å². The molecule has 1 aromatic rings. The maximum Gasteiger partial charge on any atom is 0.328 e. The number of carbonyl (C=O) groups is 2. The van der Waals surface area contributed by atoms with E-state index in [9.17, 15) is 18.0 Å². The van der Waals surface area contributed by atoms with Crippen LogP contribution in [0, 0.1) is 0 Å². The van der Waals surface area contributed by atoms with Crippen LogP contribution in [0.4, 0.5) is 0 Å². The van der Waals surface area contributed by atoms with Crippen LogP contribution >= 0.6 is 0 Å². The van der Waals surface area contributed by atoms with Crippen molar-refractivity contribution in [2.45, 2.75) is 0 Å². The number of aromatic nitrogens is 1. The highest BCUT2D eigenvalue weighted by Gasteiger charge is 2.26. The lowest BCUT2D eigenvalue weighted by atomic mass is 10.1. The zero-order valence-electron chi connectivity index (χ0n) is 11.1. The normalized spacial score (nSPS) is 17.8. The Bertz CT molecular complexity index is 682. The van der Waals surface area contributed by atoms with Gasteiger partial charge in [-0.1, -0.05) is 0 Å². The molecule has 0 aliphatic carbocycles. The Hall–Kier alpha value is -2.22. The van der Waals surface area contributed by atoms with Gasteiger partial charge in [0.15, 0.2) is 9.84 Å². The first-order valence-electron chi connectivity index (χ1n) is 6.24. The van der Waals surface area contributed by atoms with Gasteiger partial charge < -0.3 is 10.0 Å². The molecule has 21 heavy (non-hydrogen) atoms. The number of rotatable bonds is 3. The highest BCUT2D eigenvalue weighted by molar-refractivity contribution is 7.91. The van der Waals surface area contributed by atoms with Gasteiger partial charge >= 0.3 is 5.97 Å². The molecule has 112 valence electrons. The molecule has 0 aromatic carbocycles. The van der Waals surface area contributed by atoms with E-state index in [1.165, 1.54) is 29.4 Å². The SMILES string of the molecule is O=C(O)C=Cc1cnccc1C(=O)N1CCS(=O)(=O)CC1. The Kier molecular flexibility index (Phi) is 4.37. The van der Waals surface area contributed by atoms with Crippen molar-refractivity contribution < 1.29 is 23.1 Å². The molecular formula is C13H14N2O5S. The van der Waals surface area contributed by atoms with Crippen LogP contribution in [-0.4, -0.2) is 59.9 Å². The zero-order valence-corrected chi connectivity index (χ0v) is 11.9. The third kappa shape index (κ3) is 3.88. The number of hydrogen-bond acceptors (Lipinski definition) is 5. The molecular weight excluding hydrogens is 296 g/mol. The second-order valence-electron chi connectivity index (χ2n) is 4.58. The van der Waals surface area contributed by atoms with Crippen molar-refractivity contribution >= 4 is 27.8 Å². The Morgan fingerprint density at radius 3 is 2.57 bits per heavy atom. The van der Waals surface area contributed by atoms with Crippen molar-refractivity contribution in [1.82, 2.24) is 9.88 Å². The Balaban J connectivity index is 2.22. The molecule has 0 saturated carbocycles. The average molecular weight is 310 g/mol. The summed E-state index contributed by atoms with van der Waals surface area (Å²) in [6.45, 7) is 0.289. The molecule has 0 spiro atoms. The average Bonchev–Trinajstić information content (AvgIpc) is 2.44. The second kappa shape index (κ2) is 6.04. The fraction of sp³-hybridized carbons (Fsp3) is 0.308. The number of carbonyl (C=O) groups excluding carboxylic acids is 1. The van der Waals surface area contributed by atoms with E-state index in [2.05, 4.69) is 4.98 Å². The number of sulfone groups is 1. The van der Waals surface area contributed by atoms with E-state index >= 15 is 0 Å². The van der Waals surface area contributed by atoms with Crippen molar-refractivity contribution in [1.29, 1.82) is 0 Å². The van der Waals surface area contributed by atoms with Crippen LogP contribution in [0.5, 0.6) is 0 Å². The van der Waals surface area contributed by atoms with E-state index in [-0.39, 0.29) is 30.5 Å². The molecule has 1 N–H and O–H groups in total. The van der Waals surface area contributed by atoms with Crippen molar-refractivity contribution in [3.63, 3.8) is 0 Å². The van der Waals surface area contributed by atoms with Gasteiger partial charge in [0.25, 0.3) is 5.91 Å². The fourth-order valence-corrected chi connectivity index (χ4v) is 3.18. The summed E-state index contributed by atoms with van der Waals surface area (Å²) in [7, 11) is -3.06. The predicted molar refractivity (Wildman–Crippen MR) is 75.5 cm³/mol. The Labute approximate surface area is 121 Å². The lowest BCUT2D eigenvalue weighted by Gasteiger charge is -2.27. The van der Waals surface area contributed by atoms with Crippen LogP contribution in [0.3, 0.4) is 0 Å². The summed E-state index contributed by atoms with van der Waals surface area (Å²) in [4.78, 5) is 28.3. The Morgan fingerprint density at radius 2 is 1.95 bits per heavy atom. The van der Waals surface area contributed by atoms with Gasteiger partial charge in [0, 0.05) is 42.7 Å². The second-order valence-corrected chi connectivity index (χ2v) is 6.88. The number of hydrogen-bond donors (Lipinski definition) is 1. The first kappa shape index (κ1) is 15.2. The number of carboxylic acids is 1. The standard InChI is InChI=1S/C13H14N2O5S/c16-12(17)2-1-10-9-14-4-3-11(10)13(18)15-5-7-21(19,20)8-6-15/h1-4,9H,5-8H2,(H,16,17). The monoisotopic (exact) mass is 310 g/mol. The molecule has 1 aliphatic rings. The topological polar surface area (TPSA) is 105 Å². The van der Waals surface area contributed by atoms with E-state index in [0.717, 1.165) is 6.08 Å². The number of carboxylic acid groups (broad SMARTS) is 1. The summed E-state index contributed by atoms with van der Waals surface area (Å²) >= 11 is 0. The van der Waals surface area contributed by atoms with Gasteiger partial charge in [-0.2, -0.15) is 0 Å². The van der Waals surface area contributed by atoms with E-state index in [4.69, 9.17) is 5.11 Å². The van der Waals surface area contributed by atoms with Gasteiger partial charge in [-0.15, -0.1) is 0 Å². The summed E-state index contributed by atoms with van der Waals surface area (Å²) in [5.41, 5.74) is 0.695. The largest absolute Gasteiger partial charge is 0.478 e. The van der Waals surface area contributed by atoms with Crippen LogP contribution in [0.15, 0.2) is 24.5 Å². The molecule has 1 aliphatic heterocycles. The Morgan fingerprint density at radius 1 is 1.29 bits per heavy atom. The first-order valence-corrected chi connectivity index (χ1v) is 8.06. The maximum absolute atomic E-state index is 12.4. The molecule has 1 saturated heterocycles. The van der Waals surface area contributed by atoms with Crippen LogP contribution < -0.4 is 0 Å². The summed E-state index contributed by atoms with van der Waals surface area (Å²) in [6, 6.07) is 1.49. The molecule has 2 heterocycles. The summed E-state index contributed by atoms with van der Waals surface area (Å²) in [6.07, 6.45) is 5.05. The minimum absolute atomic E-state index is 0.0515. The van der Waals surface area contributed by atoms with E-state index in [0.29, 0.717) is 11.1 Å². The minimum Gasteiger partial charge on any atom is -0.478 e. The van der Waals surface area contributed by atoms with Crippen LogP contribution in [0.25, 0.3) is 6.08 Å².